The van der Waals surface area contributed by atoms with Crippen LogP contribution in [0.1, 0.15) is 20.9 Å². The van der Waals surface area contributed by atoms with Gasteiger partial charge in [0.2, 0.25) is 0 Å². The van der Waals surface area contributed by atoms with Crippen molar-refractivity contribution in [3.05, 3.63) is 87.5 Å². The Bertz CT molecular complexity index is 1210. The van der Waals surface area contributed by atoms with Crippen LogP contribution in [0.5, 0.6) is 0 Å². The summed E-state index contributed by atoms with van der Waals surface area (Å²) in [6.07, 6.45) is 4.84. The van der Waals surface area contributed by atoms with E-state index in [0.29, 0.717) is 16.4 Å². The summed E-state index contributed by atoms with van der Waals surface area (Å²) in [6, 6.07) is 9.99. The van der Waals surface area contributed by atoms with E-state index in [-0.39, 0.29) is 5.56 Å². The number of aromatic nitrogens is 2. The average Bonchev–Trinajstić information content (AvgIpc) is 3.15. The third-order valence-electron chi connectivity index (χ3n) is 4.14. The molecule has 0 saturated heterocycles. The Morgan fingerprint density at radius 1 is 1.14 bits per heavy atom. The molecule has 3 nitrogen and oxygen atoms in total. The van der Waals surface area contributed by atoms with Crippen LogP contribution in [0.15, 0.2) is 54.7 Å². The first-order chi connectivity index (χ1) is 13.4. The molecule has 0 fully saturated rings. The lowest BCUT2D eigenvalue weighted by Crippen LogP contribution is -1.97. The van der Waals surface area contributed by atoms with E-state index in [1.54, 1.807) is 18.2 Å². The second-order valence-corrected chi connectivity index (χ2v) is 7.85. The van der Waals surface area contributed by atoms with Crippen LogP contribution in [0.25, 0.3) is 22.3 Å². The van der Waals surface area contributed by atoms with Gasteiger partial charge < -0.3 is 0 Å². The van der Waals surface area contributed by atoms with E-state index in [2.05, 4.69) is 4.98 Å². The minimum absolute atomic E-state index is 0.0518. The van der Waals surface area contributed by atoms with Crippen molar-refractivity contribution in [3.8, 4) is 11.3 Å². The van der Waals surface area contributed by atoms with Crippen LogP contribution in [0.4, 0.5) is 8.78 Å². The van der Waals surface area contributed by atoms with E-state index in [9.17, 15) is 13.6 Å². The maximum absolute atomic E-state index is 13.4. The van der Waals surface area contributed by atoms with Crippen molar-refractivity contribution in [1.82, 2.24) is 9.38 Å². The van der Waals surface area contributed by atoms with Crippen molar-refractivity contribution in [2.75, 3.05) is 0 Å². The maximum atomic E-state index is 13.4. The summed E-state index contributed by atoms with van der Waals surface area (Å²) in [6.45, 7) is 1.97. The molecule has 2 aromatic heterocycles. The number of fused-ring (bicyclic) bond motifs is 1. The van der Waals surface area contributed by atoms with Crippen molar-refractivity contribution in [2.24, 2.45) is 0 Å². The fourth-order valence-corrected chi connectivity index (χ4v) is 3.86. The molecule has 0 bridgehead atoms. The number of ketones is 1. The highest BCUT2D eigenvalue weighted by Gasteiger charge is 2.15. The number of nitrogens with zero attached hydrogens (tertiary/aromatic N) is 2. The van der Waals surface area contributed by atoms with Gasteiger partial charge in [0.1, 0.15) is 11.6 Å². The topological polar surface area (TPSA) is 34.4 Å². The van der Waals surface area contributed by atoms with Crippen LogP contribution in [0.2, 0.25) is 5.02 Å². The number of allylic oxidation sites excluding steroid dienone is 1. The number of thiazole rings is 1. The number of imidazole rings is 1. The molecule has 0 unspecified atom stereocenters. The standard InChI is InChI=1S/C21H13ClF2N2OS/c1-12-11-26-18(6-7-19(27)14-8-16(23)10-17(24)9-14)20(25-21(26)28-12)13-2-4-15(22)5-3-13/h2-11H,1H3. The van der Waals surface area contributed by atoms with E-state index in [1.165, 1.54) is 17.4 Å². The monoisotopic (exact) mass is 414 g/mol. The first kappa shape index (κ1) is 18.5. The Kier molecular flexibility index (Phi) is 4.83. The number of hydrogen-bond acceptors (Lipinski definition) is 3. The SMILES string of the molecule is Cc1cn2c(C=CC(=O)c3cc(F)cc(F)c3)c(-c3ccc(Cl)cc3)nc2s1. The average molecular weight is 415 g/mol. The predicted molar refractivity (Wildman–Crippen MR) is 108 cm³/mol. The fourth-order valence-electron chi connectivity index (χ4n) is 2.90. The van der Waals surface area contributed by atoms with Gasteiger partial charge in [0, 0.05) is 33.3 Å². The smallest absolute Gasteiger partial charge is 0.194 e. The maximum Gasteiger partial charge on any atom is 0.194 e. The van der Waals surface area contributed by atoms with E-state index >= 15 is 0 Å². The number of rotatable bonds is 4. The minimum Gasteiger partial charge on any atom is -0.290 e. The summed E-state index contributed by atoms with van der Waals surface area (Å²) >= 11 is 7.50. The molecule has 2 aromatic carbocycles. The molecule has 0 saturated carbocycles. The summed E-state index contributed by atoms with van der Waals surface area (Å²) in [5, 5.41) is 0.612. The molecule has 0 aliphatic carbocycles. The molecular weight excluding hydrogens is 402 g/mol. The summed E-state index contributed by atoms with van der Waals surface area (Å²) < 4.78 is 28.7. The lowest BCUT2D eigenvalue weighted by atomic mass is 10.1. The zero-order valence-corrected chi connectivity index (χ0v) is 16.2. The van der Waals surface area contributed by atoms with Gasteiger partial charge in [-0.1, -0.05) is 23.7 Å². The first-order valence-corrected chi connectivity index (χ1v) is 9.53. The lowest BCUT2D eigenvalue weighted by Gasteiger charge is -2.01. The van der Waals surface area contributed by atoms with Gasteiger partial charge in [-0.15, -0.1) is 11.3 Å². The quantitative estimate of drug-likeness (QED) is 0.294. The fraction of sp³-hybridized carbons (Fsp3) is 0.0476. The minimum atomic E-state index is -0.793. The van der Waals surface area contributed by atoms with Gasteiger partial charge in [0.15, 0.2) is 10.7 Å². The van der Waals surface area contributed by atoms with E-state index < -0.39 is 17.4 Å². The largest absolute Gasteiger partial charge is 0.290 e. The molecule has 28 heavy (non-hydrogen) atoms. The Morgan fingerprint density at radius 2 is 1.82 bits per heavy atom. The Labute approximate surface area is 168 Å². The molecule has 2 heterocycles. The van der Waals surface area contributed by atoms with E-state index in [0.717, 1.165) is 33.6 Å². The molecule has 7 heteroatoms. The molecule has 4 aromatic rings. The van der Waals surface area contributed by atoms with Gasteiger partial charge in [-0.3, -0.25) is 9.20 Å². The van der Waals surface area contributed by atoms with Crippen molar-refractivity contribution in [2.45, 2.75) is 6.92 Å². The molecule has 4 rings (SSSR count). The van der Waals surface area contributed by atoms with Crippen molar-refractivity contribution < 1.29 is 13.6 Å². The van der Waals surface area contributed by atoms with Gasteiger partial charge >= 0.3 is 0 Å². The summed E-state index contributed by atoms with van der Waals surface area (Å²) in [7, 11) is 0. The summed E-state index contributed by atoms with van der Waals surface area (Å²) in [5.41, 5.74) is 2.19. The second-order valence-electron chi connectivity index (χ2n) is 6.20. The van der Waals surface area contributed by atoms with Crippen LogP contribution in [0, 0.1) is 18.6 Å². The molecule has 0 spiro atoms. The molecule has 0 atom stereocenters. The van der Waals surface area contributed by atoms with Crippen molar-refractivity contribution in [1.29, 1.82) is 0 Å². The first-order valence-electron chi connectivity index (χ1n) is 8.33. The van der Waals surface area contributed by atoms with Gasteiger partial charge in [0.25, 0.3) is 0 Å². The number of halogens is 3. The number of carbonyl (C=O) groups excluding carboxylic acids is 1. The molecular formula is C21H13ClF2N2OS. The highest BCUT2D eigenvalue weighted by molar-refractivity contribution is 7.17. The third-order valence-corrected chi connectivity index (χ3v) is 5.29. The van der Waals surface area contributed by atoms with Crippen LogP contribution >= 0.6 is 22.9 Å². The molecule has 0 radical (unpaired) electrons. The van der Waals surface area contributed by atoms with Crippen LogP contribution < -0.4 is 0 Å². The second kappa shape index (κ2) is 7.30. The number of benzene rings is 2. The zero-order chi connectivity index (χ0) is 19.8. The number of hydrogen-bond donors (Lipinski definition) is 0. The van der Waals surface area contributed by atoms with E-state index in [1.807, 2.05) is 29.7 Å². The van der Waals surface area contributed by atoms with Crippen LogP contribution in [0.3, 0.4) is 0 Å². The van der Waals surface area contributed by atoms with Crippen LogP contribution in [-0.4, -0.2) is 15.2 Å². The predicted octanol–water partition coefficient (Wildman–Crippen LogP) is 6.20. The van der Waals surface area contributed by atoms with Crippen LogP contribution in [-0.2, 0) is 0 Å². The number of aryl methyl sites for hydroxylation is 1. The van der Waals surface area contributed by atoms with Gasteiger partial charge in [0.05, 0.1) is 11.4 Å². The van der Waals surface area contributed by atoms with Gasteiger partial charge in [-0.2, -0.15) is 0 Å². The van der Waals surface area contributed by atoms with Gasteiger partial charge in [-0.05, 0) is 43.3 Å². The normalized spacial score (nSPS) is 11.6. The number of carbonyl (C=O) groups is 1. The highest BCUT2D eigenvalue weighted by atomic mass is 35.5. The molecule has 0 amide bonds. The van der Waals surface area contributed by atoms with Crippen molar-refractivity contribution in [3.63, 3.8) is 0 Å². The Balaban J connectivity index is 1.78. The Hall–Kier alpha value is -2.83. The van der Waals surface area contributed by atoms with E-state index in [4.69, 9.17) is 11.6 Å². The summed E-state index contributed by atoms with van der Waals surface area (Å²) in [5.74, 6) is -2.08. The highest BCUT2D eigenvalue weighted by Crippen LogP contribution is 2.30. The lowest BCUT2D eigenvalue weighted by molar-refractivity contribution is 0.104. The molecule has 0 N–H and O–H groups in total. The zero-order valence-electron chi connectivity index (χ0n) is 14.6. The van der Waals surface area contributed by atoms with Crippen molar-refractivity contribution >= 4 is 39.8 Å². The van der Waals surface area contributed by atoms with Gasteiger partial charge in [-0.25, -0.2) is 13.8 Å². The summed E-state index contributed by atoms with van der Waals surface area (Å²) in [4.78, 5) is 18.9. The molecule has 0 aliphatic heterocycles. The third kappa shape index (κ3) is 3.61. The molecule has 140 valence electrons. The Morgan fingerprint density at radius 3 is 2.50 bits per heavy atom. The molecule has 0 aliphatic rings.